The molecule has 7 aromatic carbocycles. The van der Waals surface area contributed by atoms with Crippen molar-refractivity contribution in [2.24, 2.45) is 0 Å². The number of benzene rings is 7. The van der Waals surface area contributed by atoms with E-state index in [9.17, 15) is 6.85 Å². The molecule has 2 heterocycles. The maximum Gasteiger partial charge on any atom is 0.139 e. The van der Waals surface area contributed by atoms with Gasteiger partial charge in [-0.2, -0.15) is 0 Å². The molecule has 2 aromatic heterocycles. The lowest BCUT2D eigenvalue weighted by atomic mass is 9.83. The van der Waals surface area contributed by atoms with Crippen molar-refractivity contribution in [1.29, 1.82) is 0 Å². The van der Waals surface area contributed by atoms with Crippen LogP contribution >= 0.6 is 0 Å². The van der Waals surface area contributed by atoms with Crippen molar-refractivity contribution < 1.29 is 29.4 Å². The Morgan fingerprint density at radius 2 is 1.12 bits per heavy atom. The highest BCUT2D eigenvalue weighted by molar-refractivity contribution is 6.30. The van der Waals surface area contributed by atoms with E-state index in [-0.39, 0.29) is 38.2 Å². The van der Waals surface area contributed by atoms with Gasteiger partial charge < -0.3 is 8.83 Å². The molecular weight excluding hydrogens is 488 g/mol. The molecule has 0 atom stereocenters. The van der Waals surface area contributed by atoms with Gasteiger partial charge in [-0.25, -0.2) is 0 Å². The SMILES string of the molecule is [2H]c1c([2H])c([2H])c2c(-c3c4c([2H])c([2H])c([2H])c([2H])c4c(-c4c5ccoc5cc5oc6ccccc6c45)c4c([2H])c([2H])c([2H])c([2H])c34)c([2H])c([2H])c([2H])c2c1[2H]. The van der Waals surface area contributed by atoms with Gasteiger partial charge >= 0.3 is 0 Å². The Balaban J connectivity index is 1.71. The fourth-order valence-corrected chi connectivity index (χ4v) is 5.70. The van der Waals surface area contributed by atoms with Gasteiger partial charge in [0, 0.05) is 27.8 Å². The predicted octanol–water partition coefficient (Wildman–Crippen LogP) is 11.1. The highest BCUT2D eigenvalue weighted by Crippen LogP contribution is 2.50. The van der Waals surface area contributed by atoms with Crippen molar-refractivity contribution in [1.82, 2.24) is 0 Å². The molecule has 0 bridgehead atoms. The molecule has 0 aliphatic rings. The Labute approximate surface area is 250 Å². The molecular formula is C38H22O2. The van der Waals surface area contributed by atoms with Crippen LogP contribution in [0.15, 0.2) is 142 Å². The Morgan fingerprint density at radius 3 is 1.90 bits per heavy atom. The average Bonchev–Trinajstić information content (AvgIpc) is 3.80. The first-order valence-corrected chi connectivity index (χ1v) is 12.4. The highest BCUT2D eigenvalue weighted by atomic mass is 16.3. The number of furan rings is 2. The molecule has 0 aliphatic carbocycles. The topological polar surface area (TPSA) is 26.3 Å². The summed E-state index contributed by atoms with van der Waals surface area (Å²) < 4.78 is 146. The van der Waals surface area contributed by atoms with Gasteiger partial charge in [-0.1, -0.05) is 109 Å². The fraction of sp³-hybridized carbons (Fsp3) is 0. The van der Waals surface area contributed by atoms with E-state index in [1.54, 1.807) is 36.4 Å². The van der Waals surface area contributed by atoms with Crippen LogP contribution in [0.3, 0.4) is 0 Å². The van der Waals surface area contributed by atoms with Crippen molar-refractivity contribution in [3.8, 4) is 22.3 Å². The monoisotopic (exact) mass is 525 g/mol. The molecule has 0 amide bonds. The van der Waals surface area contributed by atoms with E-state index in [2.05, 4.69) is 0 Å². The quantitative estimate of drug-likeness (QED) is 0.210. The zero-order chi connectivity index (χ0) is 39.3. The summed E-state index contributed by atoms with van der Waals surface area (Å²) in [5, 5.41) is -0.533. The summed E-state index contributed by atoms with van der Waals surface area (Å²) in [6.45, 7) is 0. The molecule has 2 heteroatoms. The van der Waals surface area contributed by atoms with E-state index in [0.29, 0.717) is 32.9 Å². The predicted molar refractivity (Wildman–Crippen MR) is 167 cm³/mol. The van der Waals surface area contributed by atoms with Crippen LogP contribution in [-0.2, 0) is 0 Å². The summed E-state index contributed by atoms with van der Waals surface area (Å²) in [6, 6.07) is -0.136. The molecule has 0 radical (unpaired) electrons. The maximum absolute atomic E-state index is 9.44. The Hall–Kier alpha value is -5.34. The molecule has 2 nitrogen and oxygen atoms in total. The first-order valence-electron chi connectivity index (χ1n) is 19.9. The number of hydrogen-bond acceptors (Lipinski definition) is 2. The third kappa shape index (κ3) is 2.88. The smallest absolute Gasteiger partial charge is 0.139 e. The molecule has 0 saturated carbocycles. The van der Waals surface area contributed by atoms with Crippen LogP contribution in [0.25, 0.3) is 87.5 Å². The van der Waals surface area contributed by atoms with Crippen molar-refractivity contribution >= 4 is 65.2 Å². The van der Waals surface area contributed by atoms with Gasteiger partial charge in [0.05, 0.1) is 26.8 Å². The minimum Gasteiger partial charge on any atom is -0.464 e. The fourth-order valence-electron chi connectivity index (χ4n) is 5.70. The van der Waals surface area contributed by atoms with Gasteiger partial charge in [0.1, 0.15) is 16.7 Å². The van der Waals surface area contributed by atoms with Crippen LogP contribution in [0.1, 0.15) is 20.6 Å². The maximum atomic E-state index is 9.44. The van der Waals surface area contributed by atoms with Gasteiger partial charge in [0.15, 0.2) is 0 Å². The minimum absolute atomic E-state index is 0.0303. The van der Waals surface area contributed by atoms with Gasteiger partial charge in [-0.15, -0.1) is 0 Å². The van der Waals surface area contributed by atoms with Gasteiger partial charge in [-0.3, -0.25) is 0 Å². The van der Waals surface area contributed by atoms with E-state index in [1.807, 2.05) is 0 Å². The molecule has 0 unspecified atom stereocenters. The molecule has 0 N–H and O–H groups in total. The lowest BCUT2D eigenvalue weighted by Gasteiger charge is -2.19. The van der Waals surface area contributed by atoms with Crippen LogP contribution in [0.5, 0.6) is 0 Å². The van der Waals surface area contributed by atoms with Crippen molar-refractivity contribution in [2.75, 3.05) is 0 Å². The van der Waals surface area contributed by atoms with E-state index in [0.717, 1.165) is 0 Å². The molecule has 186 valence electrons. The van der Waals surface area contributed by atoms with E-state index >= 15 is 0 Å². The number of hydrogen-bond donors (Lipinski definition) is 0. The van der Waals surface area contributed by atoms with Crippen LogP contribution in [0.4, 0.5) is 0 Å². The third-order valence-electron chi connectivity index (χ3n) is 7.29. The summed E-state index contributed by atoms with van der Waals surface area (Å²) in [7, 11) is 0. The molecule has 0 aliphatic heterocycles. The summed E-state index contributed by atoms with van der Waals surface area (Å²) in [6.07, 6.45) is 1.41. The Kier molecular flexibility index (Phi) is 2.39. The van der Waals surface area contributed by atoms with Crippen LogP contribution < -0.4 is 0 Å². The van der Waals surface area contributed by atoms with Gasteiger partial charge in [-0.05, 0) is 61.1 Å². The minimum atomic E-state index is -0.769. The summed E-state index contributed by atoms with van der Waals surface area (Å²) in [4.78, 5) is 0. The Bertz CT molecular complexity index is 3180. The van der Waals surface area contributed by atoms with Gasteiger partial charge in [0.2, 0.25) is 0 Å². The lowest BCUT2D eigenvalue weighted by molar-refractivity contribution is 0.613. The summed E-state index contributed by atoms with van der Waals surface area (Å²) >= 11 is 0. The molecule has 0 saturated heterocycles. The highest BCUT2D eigenvalue weighted by Gasteiger charge is 2.23. The first-order chi connectivity index (χ1) is 26.1. The van der Waals surface area contributed by atoms with E-state index < -0.39 is 107 Å². The zero-order valence-electron chi connectivity index (χ0n) is 35.4. The first kappa shape index (κ1) is 11.8. The average molecular weight is 526 g/mol. The van der Waals surface area contributed by atoms with Crippen molar-refractivity contribution in [3.05, 3.63) is 133 Å². The summed E-state index contributed by atoms with van der Waals surface area (Å²) in [5.74, 6) is 0. The van der Waals surface area contributed by atoms with Crippen molar-refractivity contribution in [3.63, 3.8) is 0 Å². The van der Waals surface area contributed by atoms with Crippen LogP contribution in [-0.4, -0.2) is 0 Å². The normalized spacial score (nSPS) is 17.2. The van der Waals surface area contributed by atoms with Crippen molar-refractivity contribution in [2.45, 2.75) is 0 Å². The molecule has 9 rings (SSSR count). The van der Waals surface area contributed by atoms with Crippen LogP contribution in [0.2, 0.25) is 0 Å². The van der Waals surface area contributed by atoms with Gasteiger partial charge in [0.25, 0.3) is 0 Å². The second-order valence-corrected chi connectivity index (χ2v) is 9.31. The molecule has 0 spiro atoms. The molecule has 9 aromatic rings. The third-order valence-corrected chi connectivity index (χ3v) is 7.29. The van der Waals surface area contributed by atoms with E-state index in [4.69, 9.17) is 22.5 Å². The number of para-hydroxylation sites is 1. The number of fused-ring (bicyclic) bond motifs is 7. The molecule has 0 fully saturated rings. The zero-order valence-corrected chi connectivity index (χ0v) is 20.4. The van der Waals surface area contributed by atoms with Crippen LogP contribution in [0, 0.1) is 0 Å². The van der Waals surface area contributed by atoms with E-state index in [1.165, 1.54) is 6.26 Å². The number of rotatable bonds is 2. The largest absolute Gasteiger partial charge is 0.464 e. The summed E-state index contributed by atoms with van der Waals surface area (Å²) in [5.41, 5.74) is 0.466. The molecule has 40 heavy (non-hydrogen) atoms. The Morgan fingerprint density at radius 1 is 0.475 bits per heavy atom. The second-order valence-electron chi connectivity index (χ2n) is 9.31. The standard InChI is InChI=1S/C38H22O2/c1-2-12-24-23(10-1)11-9-18-25(24)35-26-13-3-5-15-28(26)36(29-16-6-4-14-27(29)35)38-31-20-21-39-33(31)22-34-37(38)30-17-7-8-19-32(30)40-34/h1-22H/i1D,2D,3D,4D,5D,6D,9D,10D,11D,12D,13D,14D,15D,16D,18D. The second kappa shape index (κ2) is 8.08. The lowest BCUT2D eigenvalue weighted by Crippen LogP contribution is -1.92.